The van der Waals surface area contributed by atoms with Crippen LogP contribution in [0.1, 0.15) is 0 Å². The van der Waals surface area contributed by atoms with E-state index in [-0.39, 0.29) is 0 Å². The van der Waals surface area contributed by atoms with Gasteiger partial charge in [0.15, 0.2) is 0 Å². The normalized spacial score (nSPS) is 15.6. The number of hydrogen-bond acceptors (Lipinski definition) is 7. The predicted octanol–water partition coefficient (Wildman–Crippen LogP) is 2.10. The number of methoxy groups -OCH3 is 2. The van der Waals surface area contributed by atoms with Gasteiger partial charge in [0, 0.05) is 37.8 Å². The highest BCUT2D eigenvalue weighted by molar-refractivity contribution is 7.71. The Balaban J connectivity index is 1.74. The van der Waals surface area contributed by atoms with Crippen LogP contribution in [0.3, 0.4) is 0 Å². The summed E-state index contributed by atoms with van der Waals surface area (Å²) in [4.78, 5) is 4.88. The van der Waals surface area contributed by atoms with E-state index in [9.17, 15) is 0 Å². The van der Waals surface area contributed by atoms with E-state index in [0.29, 0.717) is 35.4 Å². The molecule has 0 bridgehead atoms. The fraction of sp³-hybridized carbons (Fsp3) is 0.444. The minimum atomic E-state index is 0.341. The average molecular weight is 374 g/mol. The quantitative estimate of drug-likeness (QED) is 0.567. The van der Waals surface area contributed by atoms with Crippen LogP contribution in [0.5, 0.6) is 11.5 Å². The molecule has 0 amide bonds. The Hall–Kier alpha value is -2.34. The fourth-order valence-electron chi connectivity index (χ4n) is 2.85. The molecule has 3 rings (SSSR count). The van der Waals surface area contributed by atoms with Crippen molar-refractivity contribution in [2.45, 2.75) is 6.67 Å². The molecule has 0 spiro atoms. The zero-order chi connectivity index (χ0) is 18.5. The van der Waals surface area contributed by atoms with Gasteiger partial charge in [0.1, 0.15) is 11.5 Å². The molecule has 7 nitrogen and oxygen atoms in total. The monoisotopic (exact) mass is 374 g/mol. The second kappa shape index (κ2) is 8.36. The summed E-state index contributed by atoms with van der Waals surface area (Å²) in [6.07, 6.45) is 5.37. The van der Waals surface area contributed by atoms with E-state index in [4.69, 9.17) is 32.5 Å². The summed E-state index contributed by atoms with van der Waals surface area (Å²) in [6.45, 7) is 4.99. The molecular weight excluding hydrogens is 352 g/mol. The molecule has 138 valence electrons. The molecule has 0 saturated carbocycles. The van der Waals surface area contributed by atoms with Gasteiger partial charge in [-0.05, 0) is 24.4 Å². The van der Waals surface area contributed by atoms with Crippen molar-refractivity contribution in [3.05, 3.63) is 23.0 Å². The van der Waals surface area contributed by atoms with Crippen molar-refractivity contribution in [3.63, 3.8) is 0 Å². The third kappa shape index (κ3) is 4.25. The maximum absolute atomic E-state index is 5.69. The summed E-state index contributed by atoms with van der Waals surface area (Å²) in [5, 5.41) is 4.53. The molecule has 0 atom stereocenters. The van der Waals surface area contributed by atoms with Gasteiger partial charge in [0.05, 0.1) is 27.4 Å². The van der Waals surface area contributed by atoms with Crippen molar-refractivity contribution in [2.75, 3.05) is 46.9 Å². The van der Waals surface area contributed by atoms with Gasteiger partial charge < -0.3 is 13.9 Å². The van der Waals surface area contributed by atoms with Crippen molar-refractivity contribution in [1.29, 1.82) is 0 Å². The van der Waals surface area contributed by atoms with Crippen LogP contribution in [0.25, 0.3) is 11.5 Å². The standard InChI is InChI=1S/C18H22N4O3S/c1-4-5-20-6-8-21(9-7-20)13-22-18(26)25-17(19-22)14-10-15(23-2)12-16(11-14)24-3/h1,10-12H,5-9,13H2,2-3H3. The first-order chi connectivity index (χ1) is 12.6. The lowest BCUT2D eigenvalue weighted by molar-refractivity contribution is 0.110. The topological polar surface area (TPSA) is 55.9 Å². The van der Waals surface area contributed by atoms with Crippen molar-refractivity contribution in [2.24, 2.45) is 0 Å². The molecule has 1 aromatic carbocycles. The number of nitrogens with zero attached hydrogens (tertiary/aromatic N) is 4. The molecule has 2 heterocycles. The molecule has 0 radical (unpaired) electrons. The molecular formula is C18H22N4O3S. The van der Waals surface area contributed by atoms with E-state index in [1.807, 2.05) is 12.1 Å². The molecule has 1 aliphatic rings. The Morgan fingerprint density at radius 3 is 2.31 bits per heavy atom. The summed E-state index contributed by atoms with van der Waals surface area (Å²) in [7, 11) is 3.21. The number of rotatable bonds is 6. The number of terminal acetylenes is 1. The zero-order valence-electron chi connectivity index (χ0n) is 15.0. The largest absolute Gasteiger partial charge is 0.497 e. The lowest BCUT2D eigenvalue weighted by Gasteiger charge is -2.33. The highest BCUT2D eigenvalue weighted by atomic mass is 32.1. The minimum absolute atomic E-state index is 0.341. The number of piperazine rings is 1. The van der Waals surface area contributed by atoms with E-state index in [1.54, 1.807) is 25.0 Å². The Labute approximate surface area is 158 Å². The van der Waals surface area contributed by atoms with Gasteiger partial charge in [-0.2, -0.15) is 0 Å². The van der Waals surface area contributed by atoms with Crippen LogP contribution in [0.2, 0.25) is 0 Å². The summed E-state index contributed by atoms with van der Waals surface area (Å²) in [5.74, 6) is 4.46. The van der Waals surface area contributed by atoms with Gasteiger partial charge in [-0.3, -0.25) is 9.80 Å². The van der Waals surface area contributed by atoms with Gasteiger partial charge in [-0.25, -0.2) is 4.68 Å². The maximum Gasteiger partial charge on any atom is 0.288 e. The first-order valence-electron chi connectivity index (χ1n) is 8.32. The second-order valence-corrected chi connectivity index (χ2v) is 6.36. The lowest BCUT2D eigenvalue weighted by Crippen LogP contribution is -2.46. The van der Waals surface area contributed by atoms with Gasteiger partial charge in [-0.15, -0.1) is 11.5 Å². The molecule has 0 unspecified atom stereocenters. The zero-order valence-corrected chi connectivity index (χ0v) is 15.8. The number of ether oxygens (including phenoxy) is 2. The Morgan fingerprint density at radius 2 is 1.73 bits per heavy atom. The van der Waals surface area contributed by atoms with Crippen molar-refractivity contribution < 1.29 is 13.9 Å². The summed E-state index contributed by atoms with van der Waals surface area (Å²) in [6, 6.07) is 5.48. The molecule has 1 fully saturated rings. The molecule has 26 heavy (non-hydrogen) atoms. The van der Waals surface area contributed by atoms with Gasteiger partial charge in [0.25, 0.3) is 4.84 Å². The summed E-state index contributed by atoms with van der Waals surface area (Å²) < 4.78 is 18.0. The molecule has 0 N–H and O–H groups in total. The highest BCUT2D eigenvalue weighted by Crippen LogP contribution is 2.29. The van der Waals surface area contributed by atoms with E-state index in [2.05, 4.69) is 20.8 Å². The highest BCUT2D eigenvalue weighted by Gasteiger charge is 2.18. The number of hydrogen-bond donors (Lipinski definition) is 0. The Kier molecular flexibility index (Phi) is 5.93. The fourth-order valence-corrected chi connectivity index (χ4v) is 3.03. The molecule has 2 aromatic rings. The molecule has 1 saturated heterocycles. The van der Waals surface area contributed by atoms with E-state index in [1.165, 1.54) is 0 Å². The van der Waals surface area contributed by atoms with E-state index < -0.39 is 0 Å². The van der Waals surface area contributed by atoms with Crippen LogP contribution < -0.4 is 9.47 Å². The Morgan fingerprint density at radius 1 is 1.12 bits per heavy atom. The van der Waals surface area contributed by atoms with Crippen LogP contribution in [0, 0.1) is 17.2 Å². The average Bonchev–Trinajstić information content (AvgIpc) is 3.03. The molecule has 1 aromatic heterocycles. The van der Waals surface area contributed by atoms with Gasteiger partial charge in [0.2, 0.25) is 5.89 Å². The summed E-state index contributed by atoms with van der Waals surface area (Å²) >= 11 is 5.34. The van der Waals surface area contributed by atoms with Gasteiger partial charge >= 0.3 is 0 Å². The maximum atomic E-state index is 5.69. The SMILES string of the molecule is C#CCN1CCN(Cn2nc(-c3cc(OC)cc(OC)c3)oc2=S)CC1. The van der Waals surface area contributed by atoms with Crippen molar-refractivity contribution in [1.82, 2.24) is 19.6 Å². The molecule has 0 aliphatic carbocycles. The van der Waals surface area contributed by atoms with Gasteiger partial charge in [-0.1, -0.05) is 5.92 Å². The Bertz CT molecular complexity index is 825. The first-order valence-corrected chi connectivity index (χ1v) is 8.73. The van der Waals surface area contributed by atoms with E-state index >= 15 is 0 Å². The minimum Gasteiger partial charge on any atom is -0.497 e. The second-order valence-electron chi connectivity index (χ2n) is 6.01. The lowest BCUT2D eigenvalue weighted by atomic mass is 10.2. The third-order valence-electron chi connectivity index (χ3n) is 4.32. The predicted molar refractivity (Wildman–Crippen MR) is 101 cm³/mol. The molecule has 8 heteroatoms. The van der Waals surface area contributed by atoms with Crippen LogP contribution in [-0.4, -0.2) is 66.5 Å². The number of aromatic nitrogens is 2. The summed E-state index contributed by atoms with van der Waals surface area (Å²) in [5.41, 5.74) is 0.755. The van der Waals surface area contributed by atoms with Crippen LogP contribution in [-0.2, 0) is 6.67 Å². The first kappa shape index (κ1) is 18.5. The smallest absolute Gasteiger partial charge is 0.288 e. The van der Waals surface area contributed by atoms with Crippen molar-refractivity contribution in [3.8, 4) is 35.3 Å². The van der Waals surface area contributed by atoms with Crippen LogP contribution in [0.15, 0.2) is 22.6 Å². The van der Waals surface area contributed by atoms with E-state index in [0.717, 1.165) is 31.7 Å². The van der Waals surface area contributed by atoms with Crippen LogP contribution >= 0.6 is 12.2 Å². The van der Waals surface area contributed by atoms with Crippen molar-refractivity contribution >= 4 is 12.2 Å². The third-order valence-corrected chi connectivity index (χ3v) is 4.61. The number of benzene rings is 1. The van der Waals surface area contributed by atoms with Crippen LogP contribution in [0.4, 0.5) is 0 Å². The molecule has 1 aliphatic heterocycles.